The Morgan fingerprint density at radius 1 is 1.35 bits per heavy atom. The second kappa shape index (κ2) is 8.53. The van der Waals surface area contributed by atoms with E-state index in [9.17, 15) is 0 Å². The van der Waals surface area contributed by atoms with Gasteiger partial charge < -0.3 is 9.64 Å². The fourth-order valence-corrected chi connectivity index (χ4v) is 3.77. The molecule has 0 amide bonds. The topological polar surface area (TPSA) is 37.7 Å². The SMILES string of the molecule is CCN(C)C=Nc1cc(Br)c(OC2CCCc3ccc(Br)cc32)nc1C. The van der Waals surface area contributed by atoms with Gasteiger partial charge in [-0.05, 0) is 78.4 Å². The van der Waals surface area contributed by atoms with Gasteiger partial charge in [0, 0.05) is 18.1 Å². The molecule has 1 heterocycles. The first-order valence-corrected chi connectivity index (χ1v) is 10.4. The lowest BCUT2D eigenvalue weighted by atomic mass is 9.89. The quantitative estimate of drug-likeness (QED) is 0.390. The van der Waals surface area contributed by atoms with Crippen molar-refractivity contribution in [3.63, 3.8) is 0 Å². The van der Waals surface area contributed by atoms with E-state index in [1.165, 1.54) is 11.1 Å². The highest BCUT2D eigenvalue weighted by Crippen LogP contribution is 2.38. The van der Waals surface area contributed by atoms with Crippen LogP contribution in [0.15, 0.2) is 38.2 Å². The van der Waals surface area contributed by atoms with Gasteiger partial charge in [0.05, 0.1) is 22.2 Å². The van der Waals surface area contributed by atoms with E-state index in [2.05, 4.69) is 67.0 Å². The fraction of sp³-hybridized carbons (Fsp3) is 0.400. The zero-order chi connectivity index (χ0) is 18.7. The van der Waals surface area contributed by atoms with Gasteiger partial charge in [0.2, 0.25) is 5.88 Å². The van der Waals surface area contributed by atoms with Crippen LogP contribution in [0, 0.1) is 6.92 Å². The Morgan fingerprint density at radius 2 is 2.15 bits per heavy atom. The fourth-order valence-electron chi connectivity index (χ4n) is 2.99. The maximum absolute atomic E-state index is 6.31. The molecule has 1 aliphatic carbocycles. The minimum Gasteiger partial charge on any atom is -0.469 e. The molecule has 1 aromatic carbocycles. The summed E-state index contributed by atoms with van der Waals surface area (Å²) < 4.78 is 8.22. The van der Waals surface area contributed by atoms with Crippen LogP contribution < -0.4 is 4.74 Å². The van der Waals surface area contributed by atoms with Gasteiger partial charge >= 0.3 is 0 Å². The Bertz CT molecular complexity index is 823. The Kier molecular flexibility index (Phi) is 6.35. The van der Waals surface area contributed by atoms with E-state index >= 15 is 0 Å². The summed E-state index contributed by atoms with van der Waals surface area (Å²) in [7, 11) is 2.00. The molecule has 0 bridgehead atoms. The summed E-state index contributed by atoms with van der Waals surface area (Å²) in [5.74, 6) is 0.628. The smallest absolute Gasteiger partial charge is 0.228 e. The number of aromatic nitrogens is 1. The molecule has 26 heavy (non-hydrogen) atoms. The van der Waals surface area contributed by atoms with Crippen molar-refractivity contribution >= 4 is 43.9 Å². The highest BCUT2D eigenvalue weighted by atomic mass is 79.9. The van der Waals surface area contributed by atoms with Crippen LogP contribution in [0.5, 0.6) is 5.88 Å². The normalized spacial score (nSPS) is 16.6. The molecule has 4 nitrogen and oxygen atoms in total. The predicted octanol–water partition coefficient (Wildman–Crippen LogP) is 5.98. The van der Waals surface area contributed by atoms with E-state index in [0.29, 0.717) is 5.88 Å². The van der Waals surface area contributed by atoms with E-state index in [1.807, 2.05) is 31.3 Å². The third-order valence-corrected chi connectivity index (χ3v) is 5.68. The molecule has 1 unspecified atom stereocenters. The van der Waals surface area contributed by atoms with Crippen LogP contribution in [0.1, 0.15) is 42.7 Å². The lowest BCUT2D eigenvalue weighted by molar-refractivity contribution is 0.174. The first kappa shape index (κ1) is 19.4. The molecule has 1 atom stereocenters. The van der Waals surface area contributed by atoms with E-state index in [-0.39, 0.29) is 6.10 Å². The molecule has 138 valence electrons. The van der Waals surface area contributed by atoms with Gasteiger partial charge in [-0.25, -0.2) is 9.98 Å². The lowest BCUT2D eigenvalue weighted by Gasteiger charge is -2.26. The number of halogens is 2. The molecule has 0 radical (unpaired) electrons. The molecule has 0 saturated heterocycles. The molecule has 3 rings (SSSR count). The minimum absolute atomic E-state index is 0.0278. The van der Waals surface area contributed by atoms with Crippen molar-refractivity contribution in [2.24, 2.45) is 4.99 Å². The molecule has 0 saturated carbocycles. The summed E-state index contributed by atoms with van der Waals surface area (Å²) >= 11 is 7.18. The first-order valence-electron chi connectivity index (χ1n) is 8.84. The summed E-state index contributed by atoms with van der Waals surface area (Å²) in [6, 6.07) is 8.42. The van der Waals surface area contributed by atoms with Gasteiger partial charge in [0.25, 0.3) is 0 Å². The third-order valence-electron chi connectivity index (χ3n) is 4.62. The predicted molar refractivity (Wildman–Crippen MR) is 114 cm³/mol. The number of nitrogens with zero attached hydrogens (tertiary/aromatic N) is 3. The Labute approximate surface area is 171 Å². The molecule has 0 N–H and O–H groups in total. The lowest BCUT2D eigenvalue weighted by Crippen LogP contribution is -2.16. The van der Waals surface area contributed by atoms with Crippen molar-refractivity contribution in [1.29, 1.82) is 0 Å². The molecule has 0 fully saturated rings. The average molecular weight is 481 g/mol. The maximum atomic E-state index is 6.31. The van der Waals surface area contributed by atoms with Crippen molar-refractivity contribution < 1.29 is 4.74 Å². The van der Waals surface area contributed by atoms with Gasteiger partial charge in [0.15, 0.2) is 0 Å². The van der Waals surface area contributed by atoms with Gasteiger partial charge in [-0.3, -0.25) is 0 Å². The first-order chi connectivity index (χ1) is 12.5. The number of benzene rings is 1. The van der Waals surface area contributed by atoms with Crippen molar-refractivity contribution in [3.8, 4) is 5.88 Å². The van der Waals surface area contributed by atoms with Crippen molar-refractivity contribution in [2.45, 2.75) is 39.2 Å². The summed E-state index contributed by atoms with van der Waals surface area (Å²) in [6.07, 6.45) is 5.08. The van der Waals surface area contributed by atoms with Crippen LogP contribution in [-0.4, -0.2) is 29.8 Å². The Balaban J connectivity index is 1.85. The van der Waals surface area contributed by atoms with Crippen LogP contribution in [0.4, 0.5) is 5.69 Å². The van der Waals surface area contributed by atoms with Gasteiger partial charge in [-0.15, -0.1) is 0 Å². The molecule has 6 heteroatoms. The number of hydrogen-bond donors (Lipinski definition) is 0. The van der Waals surface area contributed by atoms with Crippen LogP contribution in [-0.2, 0) is 6.42 Å². The molecule has 1 aromatic heterocycles. The second-order valence-corrected chi connectivity index (χ2v) is 8.31. The van der Waals surface area contributed by atoms with Gasteiger partial charge in [0.1, 0.15) is 6.10 Å². The number of aliphatic imine (C=N–C) groups is 1. The molecule has 1 aliphatic rings. The number of rotatable bonds is 5. The number of pyridine rings is 1. The Morgan fingerprint density at radius 3 is 2.92 bits per heavy atom. The number of aryl methyl sites for hydroxylation is 2. The molecule has 0 spiro atoms. The van der Waals surface area contributed by atoms with Gasteiger partial charge in [-0.1, -0.05) is 22.0 Å². The van der Waals surface area contributed by atoms with E-state index in [1.54, 1.807) is 0 Å². The van der Waals surface area contributed by atoms with Crippen LogP contribution in [0.2, 0.25) is 0 Å². The number of ether oxygens (including phenoxy) is 1. The zero-order valence-corrected chi connectivity index (χ0v) is 18.5. The summed E-state index contributed by atoms with van der Waals surface area (Å²) in [5, 5.41) is 0. The van der Waals surface area contributed by atoms with Crippen molar-refractivity contribution in [1.82, 2.24) is 9.88 Å². The van der Waals surface area contributed by atoms with Crippen molar-refractivity contribution in [3.05, 3.63) is 50.0 Å². The molecule has 0 aliphatic heterocycles. The Hall–Kier alpha value is -1.40. The van der Waals surface area contributed by atoms with E-state index in [4.69, 9.17) is 4.74 Å². The number of hydrogen-bond acceptors (Lipinski definition) is 3. The van der Waals surface area contributed by atoms with E-state index < -0.39 is 0 Å². The van der Waals surface area contributed by atoms with Gasteiger partial charge in [-0.2, -0.15) is 0 Å². The maximum Gasteiger partial charge on any atom is 0.228 e. The minimum atomic E-state index is 0.0278. The van der Waals surface area contributed by atoms with Crippen LogP contribution in [0.3, 0.4) is 0 Å². The summed E-state index contributed by atoms with van der Waals surface area (Å²) in [6.45, 7) is 4.96. The standard InChI is InChI=1S/C20H23Br2N3O/c1-4-25(3)12-23-18-11-17(22)20(24-13(18)2)26-19-7-5-6-14-8-9-15(21)10-16(14)19/h8-12,19H,4-7H2,1-3H3. The second-order valence-electron chi connectivity index (χ2n) is 6.54. The highest BCUT2D eigenvalue weighted by molar-refractivity contribution is 9.10. The monoisotopic (exact) mass is 479 g/mol. The largest absolute Gasteiger partial charge is 0.469 e. The van der Waals surface area contributed by atoms with Crippen LogP contribution in [0.25, 0.3) is 0 Å². The molecular weight excluding hydrogens is 458 g/mol. The van der Waals surface area contributed by atoms with Crippen molar-refractivity contribution in [2.75, 3.05) is 13.6 Å². The average Bonchev–Trinajstić information content (AvgIpc) is 2.63. The summed E-state index contributed by atoms with van der Waals surface area (Å²) in [5.41, 5.74) is 4.32. The van der Waals surface area contributed by atoms with E-state index in [0.717, 1.165) is 46.1 Å². The highest BCUT2D eigenvalue weighted by Gasteiger charge is 2.23. The third kappa shape index (κ3) is 4.46. The zero-order valence-electron chi connectivity index (χ0n) is 15.3. The van der Waals surface area contributed by atoms with Crippen LogP contribution >= 0.6 is 31.9 Å². The number of fused-ring (bicyclic) bond motifs is 1. The molecule has 2 aromatic rings. The summed E-state index contributed by atoms with van der Waals surface area (Å²) in [4.78, 5) is 11.2. The molecular formula is C20H23Br2N3O.